The zero-order valence-corrected chi connectivity index (χ0v) is 20.3. The molecule has 0 saturated heterocycles. The Morgan fingerprint density at radius 2 is 1.79 bits per heavy atom. The van der Waals surface area contributed by atoms with E-state index in [0.717, 1.165) is 23.3 Å². The molecular weight excluding hydrogens is 372 g/mol. The lowest BCUT2D eigenvalue weighted by atomic mass is 9.91. The van der Waals surface area contributed by atoms with Gasteiger partial charge in [0.05, 0.1) is 0 Å². The normalized spacial score (nSPS) is 13.5. The van der Waals surface area contributed by atoms with Gasteiger partial charge in [-0.3, -0.25) is 0 Å². The minimum Gasteiger partial charge on any atom is -0.352 e. The Balaban J connectivity index is 0.00000132. The van der Waals surface area contributed by atoms with E-state index in [9.17, 15) is 0 Å². The van der Waals surface area contributed by atoms with Gasteiger partial charge in [-0.2, -0.15) is 0 Å². The predicted octanol–water partition coefficient (Wildman–Crippen LogP) is 7.77. The summed E-state index contributed by atoms with van der Waals surface area (Å²) in [7, 11) is 2.11. The maximum Gasteiger partial charge on any atom is 0.173 e. The highest BCUT2D eigenvalue weighted by Gasteiger charge is 2.11. The number of unbranched alkanes of at least 4 members (excludes halogenated alkanes) is 3. The van der Waals surface area contributed by atoms with Crippen LogP contribution in [-0.4, -0.2) is 23.6 Å². The van der Waals surface area contributed by atoms with Crippen molar-refractivity contribution in [3.05, 3.63) is 42.0 Å². The van der Waals surface area contributed by atoms with Crippen LogP contribution in [0.1, 0.15) is 89.7 Å². The number of allylic oxidation sites excluding steroid dienone is 1. The van der Waals surface area contributed by atoms with Crippen LogP contribution in [0.3, 0.4) is 0 Å². The Kier molecular flexibility index (Phi) is 13.7. The van der Waals surface area contributed by atoms with Crippen molar-refractivity contribution in [2.24, 2.45) is 5.92 Å². The Labute approximate surface area is 186 Å². The van der Waals surface area contributed by atoms with Crippen LogP contribution >= 0.6 is 12.2 Å². The fourth-order valence-corrected chi connectivity index (χ4v) is 4.06. The van der Waals surface area contributed by atoms with Crippen molar-refractivity contribution in [2.75, 3.05) is 18.9 Å². The summed E-state index contributed by atoms with van der Waals surface area (Å²) in [5.41, 5.74) is 4.17. The average molecular weight is 417 g/mol. The Morgan fingerprint density at radius 3 is 2.48 bits per heavy atom. The van der Waals surface area contributed by atoms with E-state index in [1.165, 1.54) is 81.8 Å². The SMILES string of the molecule is C=CC.CCCCC(C)CCCCCN(C)C(=S)Nc1ccc2c(c1)CCCC2. The van der Waals surface area contributed by atoms with Gasteiger partial charge in [0, 0.05) is 19.3 Å². The molecule has 1 aliphatic rings. The minimum absolute atomic E-state index is 0.845. The number of benzene rings is 1. The topological polar surface area (TPSA) is 15.3 Å². The fraction of sp³-hybridized carbons (Fsp3) is 0.654. The lowest BCUT2D eigenvalue weighted by Crippen LogP contribution is -2.32. The van der Waals surface area contributed by atoms with E-state index in [2.05, 4.69) is 55.9 Å². The van der Waals surface area contributed by atoms with Gasteiger partial charge in [0.15, 0.2) is 5.11 Å². The summed E-state index contributed by atoms with van der Waals surface area (Å²) in [6.45, 7) is 11.0. The number of anilines is 1. The van der Waals surface area contributed by atoms with Crippen molar-refractivity contribution in [3.8, 4) is 0 Å². The molecule has 1 aromatic carbocycles. The first-order valence-electron chi connectivity index (χ1n) is 11.7. The molecule has 1 N–H and O–H groups in total. The van der Waals surface area contributed by atoms with Crippen LogP contribution in [0.2, 0.25) is 0 Å². The third kappa shape index (κ3) is 10.8. The number of nitrogens with zero attached hydrogens (tertiary/aromatic N) is 1. The third-order valence-electron chi connectivity index (χ3n) is 5.69. The summed E-state index contributed by atoms with van der Waals surface area (Å²) >= 11 is 5.60. The molecule has 2 rings (SSSR count). The molecule has 0 radical (unpaired) electrons. The van der Waals surface area contributed by atoms with E-state index in [0.29, 0.717) is 0 Å². The van der Waals surface area contributed by atoms with E-state index in [-0.39, 0.29) is 0 Å². The van der Waals surface area contributed by atoms with E-state index in [4.69, 9.17) is 12.2 Å². The van der Waals surface area contributed by atoms with Gasteiger partial charge in [-0.25, -0.2) is 0 Å². The van der Waals surface area contributed by atoms with Crippen LogP contribution in [0.25, 0.3) is 0 Å². The lowest BCUT2D eigenvalue weighted by Gasteiger charge is -2.22. The van der Waals surface area contributed by atoms with Crippen LogP contribution in [0.15, 0.2) is 30.9 Å². The Bertz CT molecular complexity index is 596. The van der Waals surface area contributed by atoms with Crippen molar-refractivity contribution < 1.29 is 0 Å². The zero-order chi connectivity index (χ0) is 21.5. The fourth-order valence-electron chi connectivity index (χ4n) is 3.85. The molecule has 0 heterocycles. The van der Waals surface area contributed by atoms with Crippen LogP contribution in [0.5, 0.6) is 0 Å². The number of rotatable bonds is 10. The predicted molar refractivity (Wildman–Crippen MR) is 135 cm³/mol. The standard InChI is InChI=1S/C23H38N2S.C3H6/c1-4-5-11-19(2)12-7-6-10-17-25(3)23(26)24-22-16-15-20-13-8-9-14-21(20)18-22;1-3-2/h15-16,18-19H,4-14,17H2,1-3H3,(H,24,26);3H,1H2,2H3. The maximum absolute atomic E-state index is 5.60. The highest BCUT2D eigenvalue weighted by atomic mass is 32.1. The van der Waals surface area contributed by atoms with Gasteiger partial charge in [-0.1, -0.05) is 64.5 Å². The maximum atomic E-state index is 5.60. The molecule has 1 unspecified atom stereocenters. The molecular formula is C26H44N2S. The number of hydrogen-bond acceptors (Lipinski definition) is 1. The van der Waals surface area contributed by atoms with Gasteiger partial charge in [0.2, 0.25) is 0 Å². The molecule has 2 nitrogen and oxygen atoms in total. The molecule has 29 heavy (non-hydrogen) atoms. The van der Waals surface area contributed by atoms with Crippen molar-refractivity contribution in [3.63, 3.8) is 0 Å². The van der Waals surface area contributed by atoms with E-state index < -0.39 is 0 Å². The number of aryl methyl sites for hydroxylation is 2. The van der Waals surface area contributed by atoms with Gasteiger partial charge in [0.1, 0.15) is 0 Å². The van der Waals surface area contributed by atoms with Gasteiger partial charge >= 0.3 is 0 Å². The van der Waals surface area contributed by atoms with Gasteiger partial charge in [-0.15, -0.1) is 6.58 Å². The highest BCUT2D eigenvalue weighted by Crippen LogP contribution is 2.24. The lowest BCUT2D eigenvalue weighted by molar-refractivity contribution is 0.426. The molecule has 1 aromatic rings. The van der Waals surface area contributed by atoms with Crippen molar-refractivity contribution in [1.82, 2.24) is 4.90 Å². The molecule has 164 valence electrons. The second kappa shape index (κ2) is 15.5. The number of nitrogens with one attached hydrogen (secondary N) is 1. The molecule has 0 amide bonds. The molecule has 0 saturated carbocycles. The van der Waals surface area contributed by atoms with Gasteiger partial charge in [0.25, 0.3) is 0 Å². The molecule has 0 aromatic heterocycles. The molecule has 3 heteroatoms. The first-order chi connectivity index (χ1) is 14.0. The average Bonchev–Trinajstić information content (AvgIpc) is 2.72. The monoisotopic (exact) mass is 416 g/mol. The quantitative estimate of drug-likeness (QED) is 0.238. The van der Waals surface area contributed by atoms with Crippen LogP contribution in [0.4, 0.5) is 5.69 Å². The molecule has 0 fully saturated rings. The molecule has 1 atom stereocenters. The summed E-state index contributed by atoms with van der Waals surface area (Å²) in [6.07, 6.45) is 16.2. The number of fused-ring (bicyclic) bond motifs is 1. The van der Waals surface area contributed by atoms with Crippen LogP contribution in [-0.2, 0) is 12.8 Å². The second-order valence-corrected chi connectivity index (χ2v) is 8.93. The summed E-state index contributed by atoms with van der Waals surface area (Å²) < 4.78 is 0. The zero-order valence-electron chi connectivity index (χ0n) is 19.4. The number of hydrogen-bond donors (Lipinski definition) is 1. The second-order valence-electron chi connectivity index (χ2n) is 8.55. The van der Waals surface area contributed by atoms with Gasteiger partial charge < -0.3 is 10.2 Å². The highest BCUT2D eigenvalue weighted by molar-refractivity contribution is 7.80. The van der Waals surface area contributed by atoms with E-state index in [1.54, 1.807) is 6.08 Å². The summed E-state index contributed by atoms with van der Waals surface area (Å²) in [5.74, 6) is 0.888. The molecule has 0 bridgehead atoms. The van der Waals surface area contributed by atoms with Crippen molar-refractivity contribution in [2.45, 2.75) is 91.4 Å². The van der Waals surface area contributed by atoms with Crippen LogP contribution in [0, 0.1) is 5.92 Å². The van der Waals surface area contributed by atoms with E-state index in [1.807, 2.05) is 6.92 Å². The minimum atomic E-state index is 0.845. The van der Waals surface area contributed by atoms with Gasteiger partial charge in [-0.05, 0) is 80.4 Å². The first-order valence-corrected chi connectivity index (χ1v) is 12.1. The first kappa shape index (κ1) is 25.7. The molecule has 0 aliphatic heterocycles. The third-order valence-corrected chi connectivity index (χ3v) is 6.10. The smallest absolute Gasteiger partial charge is 0.173 e. The largest absolute Gasteiger partial charge is 0.352 e. The molecule has 1 aliphatic carbocycles. The Hall–Kier alpha value is -1.35. The Morgan fingerprint density at radius 1 is 1.14 bits per heavy atom. The van der Waals surface area contributed by atoms with E-state index >= 15 is 0 Å². The van der Waals surface area contributed by atoms with Crippen molar-refractivity contribution in [1.29, 1.82) is 0 Å². The summed E-state index contributed by atoms with van der Waals surface area (Å²) in [4.78, 5) is 2.19. The van der Waals surface area contributed by atoms with Crippen molar-refractivity contribution >= 4 is 23.0 Å². The van der Waals surface area contributed by atoms with Crippen LogP contribution < -0.4 is 5.32 Å². The summed E-state index contributed by atoms with van der Waals surface area (Å²) in [6, 6.07) is 6.76. The molecule has 0 spiro atoms. The summed E-state index contributed by atoms with van der Waals surface area (Å²) in [5, 5.41) is 4.28. The number of thiocarbonyl (C=S) groups is 1.